The summed E-state index contributed by atoms with van der Waals surface area (Å²) in [4.78, 5) is 17.8. The van der Waals surface area contributed by atoms with Gasteiger partial charge in [0.2, 0.25) is 5.95 Å². The summed E-state index contributed by atoms with van der Waals surface area (Å²) in [6.45, 7) is 2.12. The van der Waals surface area contributed by atoms with Crippen LogP contribution in [-0.2, 0) is 4.79 Å². The SMILES string of the molecule is CC1CC(=O)C2=C(C1)Nc1nc3ccccc3n1C2c1ccccc1Cl. The Morgan fingerprint density at radius 2 is 1.88 bits per heavy atom. The summed E-state index contributed by atoms with van der Waals surface area (Å²) < 4.78 is 2.11. The first-order chi connectivity index (χ1) is 12.6. The average molecular weight is 364 g/mol. The number of anilines is 1. The van der Waals surface area contributed by atoms with Gasteiger partial charge in [-0.2, -0.15) is 0 Å². The number of benzene rings is 2. The van der Waals surface area contributed by atoms with E-state index in [1.54, 1.807) is 0 Å². The van der Waals surface area contributed by atoms with Crippen LogP contribution in [0.3, 0.4) is 0 Å². The lowest BCUT2D eigenvalue weighted by Crippen LogP contribution is -2.33. The van der Waals surface area contributed by atoms with Gasteiger partial charge >= 0.3 is 0 Å². The fourth-order valence-corrected chi connectivity index (χ4v) is 4.45. The number of Topliss-reactive ketones (excluding diaryl/α,β-unsaturated/α-hetero) is 1. The highest BCUT2D eigenvalue weighted by Gasteiger charge is 2.38. The second-order valence-corrected chi connectivity index (χ2v) is 7.58. The fourth-order valence-electron chi connectivity index (χ4n) is 4.21. The number of para-hydroxylation sites is 2. The molecule has 0 saturated carbocycles. The average Bonchev–Trinajstić information content (AvgIpc) is 2.98. The topological polar surface area (TPSA) is 46.9 Å². The van der Waals surface area contributed by atoms with Crippen molar-refractivity contribution in [3.63, 3.8) is 0 Å². The molecule has 1 aromatic heterocycles. The van der Waals surface area contributed by atoms with Gasteiger partial charge in [-0.05, 0) is 36.1 Å². The number of carbonyl (C=O) groups is 1. The lowest BCUT2D eigenvalue weighted by atomic mass is 9.81. The highest BCUT2D eigenvalue weighted by Crippen LogP contribution is 2.45. The van der Waals surface area contributed by atoms with Crippen LogP contribution in [-0.4, -0.2) is 15.3 Å². The minimum atomic E-state index is -0.248. The number of rotatable bonds is 1. The number of hydrogen-bond donors (Lipinski definition) is 1. The van der Waals surface area contributed by atoms with Gasteiger partial charge in [-0.25, -0.2) is 4.98 Å². The first-order valence-corrected chi connectivity index (χ1v) is 9.26. The highest BCUT2D eigenvalue weighted by atomic mass is 35.5. The van der Waals surface area contributed by atoms with E-state index in [-0.39, 0.29) is 11.8 Å². The number of halogens is 1. The number of nitrogens with zero attached hydrogens (tertiary/aromatic N) is 2. The van der Waals surface area contributed by atoms with Crippen LogP contribution in [0, 0.1) is 5.92 Å². The first kappa shape index (κ1) is 15.6. The molecule has 26 heavy (non-hydrogen) atoms. The summed E-state index contributed by atoms with van der Waals surface area (Å²) in [6, 6.07) is 15.5. The van der Waals surface area contributed by atoms with Crippen LogP contribution in [0.1, 0.15) is 31.4 Å². The Morgan fingerprint density at radius 3 is 2.73 bits per heavy atom. The molecule has 2 atom stereocenters. The van der Waals surface area contributed by atoms with Gasteiger partial charge in [-0.15, -0.1) is 0 Å². The molecule has 0 saturated heterocycles. The number of nitrogens with one attached hydrogen (secondary N) is 1. The van der Waals surface area contributed by atoms with E-state index in [0.29, 0.717) is 17.4 Å². The maximum absolute atomic E-state index is 13.0. The second-order valence-electron chi connectivity index (χ2n) is 7.17. The van der Waals surface area contributed by atoms with Gasteiger partial charge in [-0.3, -0.25) is 9.36 Å². The summed E-state index contributed by atoms with van der Waals surface area (Å²) in [6.07, 6.45) is 1.43. The van der Waals surface area contributed by atoms with E-state index in [9.17, 15) is 4.79 Å². The molecule has 0 bridgehead atoms. The molecule has 2 aromatic carbocycles. The van der Waals surface area contributed by atoms with Crippen LogP contribution in [0.2, 0.25) is 5.02 Å². The van der Waals surface area contributed by atoms with Crippen LogP contribution in [0.4, 0.5) is 5.95 Å². The Labute approximate surface area is 156 Å². The molecule has 2 heterocycles. The van der Waals surface area contributed by atoms with Crippen molar-refractivity contribution in [2.45, 2.75) is 25.8 Å². The number of aromatic nitrogens is 2. The monoisotopic (exact) mass is 363 g/mol. The summed E-state index contributed by atoms with van der Waals surface area (Å²) in [5.74, 6) is 1.30. The molecule has 5 heteroatoms. The normalized spacial score (nSPS) is 22.2. The Bertz CT molecular complexity index is 1080. The zero-order valence-electron chi connectivity index (χ0n) is 14.4. The van der Waals surface area contributed by atoms with Gasteiger partial charge in [-0.1, -0.05) is 48.9 Å². The molecule has 5 rings (SSSR count). The maximum atomic E-state index is 13.0. The molecular weight excluding hydrogens is 346 g/mol. The molecular formula is C21H18ClN3O. The van der Waals surface area contributed by atoms with E-state index in [4.69, 9.17) is 16.6 Å². The number of carbonyl (C=O) groups excluding carboxylic acids is 1. The van der Waals surface area contributed by atoms with Crippen molar-refractivity contribution in [1.29, 1.82) is 0 Å². The molecule has 0 fully saturated rings. The fraction of sp³-hybridized carbons (Fsp3) is 0.238. The van der Waals surface area contributed by atoms with Crippen molar-refractivity contribution in [2.75, 3.05) is 5.32 Å². The number of fused-ring (bicyclic) bond motifs is 3. The van der Waals surface area contributed by atoms with Crippen LogP contribution in [0.15, 0.2) is 59.8 Å². The lowest BCUT2D eigenvalue weighted by molar-refractivity contribution is -0.117. The summed E-state index contributed by atoms with van der Waals surface area (Å²) in [7, 11) is 0. The number of ketones is 1. The van der Waals surface area contributed by atoms with Crippen molar-refractivity contribution in [3.05, 3.63) is 70.4 Å². The molecule has 1 N–H and O–H groups in total. The Hall–Kier alpha value is -2.59. The van der Waals surface area contributed by atoms with Gasteiger partial charge in [0.15, 0.2) is 5.78 Å². The van der Waals surface area contributed by atoms with E-state index in [1.807, 2.05) is 48.5 Å². The summed E-state index contributed by atoms with van der Waals surface area (Å²) in [5, 5.41) is 4.10. The van der Waals surface area contributed by atoms with E-state index in [0.717, 1.165) is 40.2 Å². The second kappa shape index (κ2) is 5.71. The lowest BCUT2D eigenvalue weighted by Gasteiger charge is -2.35. The standard InChI is InChI=1S/C21H18ClN3O/c1-12-10-16-19(18(26)11-12)20(13-6-2-3-7-14(13)22)25-17-9-5-4-8-15(17)23-21(25)24-16/h2-9,12,20H,10-11H2,1H3,(H,23,24). The van der Waals surface area contributed by atoms with Gasteiger partial charge in [0.25, 0.3) is 0 Å². The van der Waals surface area contributed by atoms with Crippen molar-refractivity contribution < 1.29 is 4.79 Å². The number of allylic oxidation sites excluding steroid dienone is 2. The Morgan fingerprint density at radius 1 is 1.12 bits per heavy atom. The third-order valence-corrected chi connectivity index (χ3v) is 5.65. The van der Waals surface area contributed by atoms with Crippen LogP contribution >= 0.6 is 11.6 Å². The molecule has 2 unspecified atom stereocenters. The minimum Gasteiger partial charge on any atom is -0.329 e. The van der Waals surface area contributed by atoms with Gasteiger partial charge in [0.1, 0.15) is 0 Å². The largest absolute Gasteiger partial charge is 0.329 e. The molecule has 0 radical (unpaired) electrons. The molecule has 3 aromatic rings. The van der Waals surface area contributed by atoms with Gasteiger partial charge in [0, 0.05) is 22.7 Å². The van der Waals surface area contributed by atoms with Gasteiger partial charge in [0.05, 0.1) is 17.1 Å². The predicted molar refractivity (Wildman–Crippen MR) is 103 cm³/mol. The van der Waals surface area contributed by atoms with Crippen molar-refractivity contribution in [2.24, 2.45) is 5.92 Å². The van der Waals surface area contributed by atoms with Crippen molar-refractivity contribution in [3.8, 4) is 0 Å². The van der Waals surface area contributed by atoms with E-state index in [2.05, 4.69) is 16.8 Å². The number of imidazole rings is 1. The molecule has 0 amide bonds. The maximum Gasteiger partial charge on any atom is 0.209 e. The molecule has 4 nitrogen and oxygen atoms in total. The number of hydrogen-bond acceptors (Lipinski definition) is 3. The molecule has 2 aliphatic rings. The Balaban J connectivity index is 1.83. The molecule has 0 spiro atoms. The predicted octanol–water partition coefficient (Wildman–Crippen LogP) is 4.96. The smallest absolute Gasteiger partial charge is 0.209 e. The summed E-state index contributed by atoms with van der Waals surface area (Å²) in [5.41, 5.74) is 4.66. The quantitative estimate of drug-likeness (QED) is 0.664. The zero-order chi connectivity index (χ0) is 17.8. The van der Waals surface area contributed by atoms with Crippen LogP contribution in [0.25, 0.3) is 11.0 Å². The minimum absolute atomic E-state index is 0.194. The molecule has 130 valence electrons. The van der Waals surface area contributed by atoms with E-state index < -0.39 is 0 Å². The zero-order valence-corrected chi connectivity index (χ0v) is 15.1. The van der Waals surface area contributed by atoms with Crippen LogP contribution in [0.5, 0.6) is 0 Å². The third-order valence-electron chi connectivity index (χ3n) is 5.30. The third kappa shape index (κ3) is 2.22. The van der Waals surface area contributed by atoms with Crippen molar-refractivity contribution >= 4 is 34.4 Å². The Kier molecular flexibility index (Phi) is 3.44. The molecule has 1 aliphatic carbocycles. The summed E-state index contributed by atoms with van der Waals surface area (Å²) >= 11 is 6.56. The van der Waals surface area contributed by atoms with Crippen molar-refractivity contribution in [1.82, 2.24) is 9.55 Å². The van der Waals surface area contributed by atoms with E-state index >= 15 is 0 Å². The van der Waals surface area contributed by atoms with Gasteiger partial charge < -0.3 is 5.32 Å². The highest BCUT2D eigenvalue weighted by molar-refractivity contribution is 6.31. The van der Waals surface area contributed by atoms with Crippen LogP contribution < -0.4 is 5.32 Å². The first-order valence-electron chi connectivity index (χ1n) is 8.88. The molecule has 1 aliphatic heterocycles. The van der Waals surface area contributed by atoms with E-state index in [1.165, 1.54) is 0 Å².